The van der Waals surface area contributed by atoms with Crippen molar-refractivity contribution in [1.82, 2.24) is 5.32 Å². The minimum atomic E-state index is -4.77. The summed E-state index contributed by atoms with van der Waals surface area (Å²) in [5.74, 6) is -3.04. The van der Waals surface area contributed by atoms with E-state index in [1.165, 1.54) is 13.0 Å². The van der Waals surface area contributed by atoms with Gasteiger partial charge in [-0.15, -0.1) is 0 Å². The molecule has 0 saturated heterocycles. The summed E-state index contributed by atoms with van der Waals surface area (Å²) in [7, 11) is 1.03. The molecule has 0 spiro atoms. The number of esters is 1. The smallest absolute Gasteiger partial charge is 0.416 e. The fourth-order valence-electron chi connectivity index (χ4n) is 2.74. The number of rotatable bonds is 3. The van der Waals surface area contributed by atoms with Crippen LogP contribution in [-0.2, 0) is 15.7 Å². The lowest BCUT2D eigenvalue weighted by atomic mass is 9.82. The van der Waals surface area contributed by atoms with Gasteiger partial charge in [-0.2, -0.15) is 13.2 Å². The van der Waals surface area contributed by atoms with Crippen molar-refractivity contribution in [3.63, 3.8) is 0 Å². The summed E-state index contributed by atoms with van der Waals surface area (Å²) >= 11 is 0. The molecule has 0 saturated carbocycles. The van der Waals surface area contributed by atoms with E-state index in [4.69, 9.17) is 5.73 Å². The number of nitrogens with zero attached hydrogens (tertiary/aromatic N) is 1. The highest BCUT2D eigenvalue weighted by molar-refractivity contribution is 5.92. The average molecular weight is 357 g/mol. The zero-order valence-electron chi connectivity index (χ0n) is 13.2. The predicted molar refractivity (Wildman–Crippen MR) is 80.2 cm³/mol. The van der Waals surface area contributed by atoms with Crippen LogP contribution in [0.25, 0.3) is 0 Å². The first-order chi connectivity index (χ1) is 11.6. The summed E-state index contributed by atoms with van der Waals surface area (Å²) in [6.45, 7) is 1.37. The van der Waals surface area contributed by atoms with Crippen LogP contribution in [0.2, 0.25) is 0 Å². The minimum absolute atomic E-state index is 0.0805. The van der Waals surface area contributed by atoms with Crippen molar-refractivity contribution in [2.45, 2.75) is 19.0 Å². The van der Waals surface area contributed by atoms with Crippen molar-refractivity contribution in [2.75, 3.05) is 7.11 Å². The molecular weight excluding hydrogens is 343 g/mol. The van der Waals surface area contributed by atoms with Crippen molar-refractivity contribution < 1.29 is 27.6 Å². The van der Waals surface area contributed by atoms with Crippen molar-refractivity contribution in [3.05, 3.63) is 68.3 Å². The maximum Gasteiger partial charge on any atom is 0.416 e. The van der Waals surface area contributed by atoms with Crippen LogP contribution in [0.5, 0.6) is 0 Å². The van der Waals surface area contributed by atoms with Crippen LogP contribution < -0.4 is 11.1 Å². The van der Waals surface area contributed by atoms with Crippen molar-refractivity contribution in [1.29, 1.82) is 0 Å². The van der Waals surface area contributed by atoms with Crippen LogP contribution in [0.4, 0.5) is 13.2 Å². The molecule has 0 bridgehead atoms. The molecule has 1 aliphatic rings. The minimum Gasteiger partial charge on any atom is -0.466 e. The van der Waals surface area contributed by atoms with E-state index in [0.29, 0.717) is 0 Å². The summed E-state index contributed by atoms with van der Waals surface area (Å²) < 4.78 is 44.7. The number of carbonyl (C=O) groups excluding carboxylic acids is 1. The Labute approximate surface area is 140 Å². The normalized spacial score (nSPS) is 18.0. The molecule has 1 aromatic carbocycles. The standard InChI is InChI=1S/C15H14F3N3O4/c1-7-10(14(22)25-2)11(12(21(23)24)13(19)20-7)8-5-3-4-6-9(8)15(16,17)18/h3-6,11,20H,19H2,1-2H3. The van der Waals surface area contributed by atoms with Gasteiger partial charge in [0, 0.05) is 5.70 Å². The zero-order chi connectivity index (χ0) is 18.9. The van der Waals surface area contributed by atoms with E-state index >= 15 is 0 Å². The molecule has 0 aliphatic carbocycles. The number of halogens is 3. The van der Waals surface area contributed by atoms with Crippen molar-refractivity contribution in [2.24, 2.45) is 5.73 Å². The third-order valence-electron chi connectivity index (χ3n) is 3.74. The van der Waals surface area contributed by atoms with E-state index in [1.807, 2.05) is 0 Å². The Hall–Kier alpha value is -3.04. The van der Waals surface area contributed by atoms with Gasteiger partial charge in [-0.25, -0.2) is 4.79 Å². The molecule has 1 heterocycles. The third-order valence-corrected chi connectivity index (χ3v) is 3.74. The summed E-state index contributed by atoms with van der Waals surface area (Å²) in [4.78, 5) is 22.6. The SMILES string of the molecule is COC(=O)C1=C(C)NC(N)=C([N+](=O)[O-])C1c1ccccc1C(F)(F)F. The third kappa shape index (κ3) is 3.28. The molecule has 1 unspecified atom stereocenters. The maximum absolute atomic E-state index is 13.4. The topological polar surface area (TPSA) is 107 Å². The second-order valence-electron chi connectivity index (χ2n) is 5.23. The van der Waals surface area contributed by atoms with Crippen LogP contribution in [-0.4, -0.2) is 18.0 Å². The monoisotopic (exact) mass is 357 g/mol. The van der Waals surface area contributed by atoms with Gasteiger partial charge in [-0.3, -0.25) is 10.1 Å². The fraction of sp³-hybridized carbons (Fsp3) is 0.267. The number of benzene rings is 1. The highest BCUT2D eigenvalue weighted by atomic mass is 19.4. The molecule has 2 rings (SSSR count). The second-order valence-corrected chi connectivity index (χ2v) is 5.23. The summed E-state index contributed by atoms with van der Waals surface area (Å²) in [5.41, 5.74) is 3.10. The molecule has 1 atom stereocenters. The Bertz CT molecular complexity index is 799. The Balaban J connectivity index is 2.82. The van der Waals surface area contributed by atoms with Crippen LogP contribution in [0, 0.1) is 10.1 Å². The number of allylic oxidation sites excluding steroid dienone is 2. The largest absolute Gasteiger partial charge is 0.466 e. The lowest BCUT2D eigenvalue weighted by molar-refractivity contribution is -0.431. The van der Waals surface area contributed by atoms with E-state index in [-0.39, 0.29) is 11.3 Å². The fourth-order valence-corrected chi connectivity index (χ4v) is 2.74. The average Bonchev–Trinajstić information content (AvgIpc) is 2.52. The molecule has 1 aliphatic heterocycles. The molecule has 25 heavy (non-hydrogen) atoms. The van der Waals surface area contributed by atoms with Gasteiger partial charge in [0.15, 0.2) is 5.82 Å². The highest BCUT2D eigenvalue weighted by Gasteiger charge is 2.45. The summed E-state index contributed by atoms with van der Waals surface area (Å²) in [5, 5.41) is 13.9. The van der Waals surface area contributed by atoms with Gasteiger partial charge in [-0.05, 0) is 18.6 Å². The number of nitrogens with one attached hydrogen (secondary N) is 1. The number of dihydropyridines is 1. The number of nitrogens with two attached hydrogens (primary N) is 1. The predicted octanol–water partition coefficient (Wildman–Crippen LogP) is 2.24. The maximum atomic E-state index is 13.4. The molecule has 3 N–H and O–H groups in total. The van der Waals surface area contributed by atoms with Crippen molar-refractivity contribution in [3.8, 4) is 0 Å². The van der Waals surface area contributed by atoms with E-state index in [9.17, 15) is 28.1 Å². The van der Waals surface area contributed by atoms with Gasteiger partial charge >= 0.3 is 12.1 Å². The van der Waals surface area contributed by atoms with Gasteiger partial charge < -0.3 is 15.8 Å². The van der Waals surface area contributed by atoms with E-state index < -0.39 is 45.6 Å². The molecule has 7 nitrogen and oxygen atoms in total. The zero-order valence-corrected chi connectivity index (χ0v) is 13.2. The van der Waals surface area contributed by atoms with Crippen LogP contribution in [0.1, 0.15) is 24.0 Å². The molecule has 0 fully saturated rings. The number of nitro groups is 1. The Morgan fingerprint density at radius 3 is 2.48 bits per heavy atom. The van der Waals surface area contributed by atoms with Crippen LogP contribution >= 0.6 is 0 Å². The second kappa shape index (κ2) is 6.46. The number of hydrogen-bond acceptors (Lipinski definition) is 6. The molecule has 10 heteroatoms. The number of methoxy groups -OCH3 is 1. The molecule has 134 valence electrons. The number of carbonyl (C=O) groups is 1. The molecule has 0 radical (unpaired) electrons. The van der Waals surface area contributed by atoms with Crippen LogP contribution in [0.3, 0.4) is 0 Å². The van der Waals surface area contributed by atoms with E-state index in [0.717, 1.165) is 25.3 Å². The first-order valence-electron chi connectivity index (χ1n) is 6.95. The molecule has 1 aromatic rings. The van der Waals surface area contributed by atoms with Gasteiger partial charge in [0.05, 0.1) is 23.2 Å². The van der Waals surface area contributed by atoms with E-state index in [1.54, 1.807) is 0 Å². The molecule has 0 amide bonds. The number of hydrogen-bond donors (Lipinski definition) is 2. The van der Waals surface area contributed by atoms with Gasteiger partial charge in [0.25, 0.3) is 5.70 Å². The van der Waals surface area contributed by atoms with Gasteiger partial charge in [0.2, 0.25) is 0 Å². The first-order valence-corrected chi connectivity index (χ1v) is 6.95. The van der Waals surface area contributed by atoms with E-state index in [2.05, 4.69) is 10.1 Å². The lowest BCUT2D eigenvalue weighted by Crippen LogP contribution is -2.36. The van der Waals surface area contributed by atoms with Crippen molar-refractivity contribution >= 4 is 5.97 Å². The Morgan fingerprint density at radius 2 is 1.96 bits per heavy atom. The molecule has 0 aromatic heterocycles. The highest BCUT2D eigenvalue weighted by Crippen LogP contribution is 2.43. The molecular formula is C15H14F3N3O4. The quantitative estimate of drug-likeness (QED) is 0.488. The Kier molecular flexibility index (Phi) is 4.73. The van der Waals surface area contributed by atoms with Gasteiger partial charge in [0.1, 0.15) is 5.92 Å². The number of ether oxygens (including phenoxy) is 1. The summed E-state index contributed by atoms with van der Waals surface area (Å²) in [6, 6.07) is 4.31. The first kappa shape index (κ1) is 18.3. The summed E-state index contributed by atoms with van der Waals surface area (Å²) in [6.07, 6.45) is -4.77. The van der Waals surface area contributed by atoms with Crippen LogP contribution in [0.15, 0.2) is 47.1 Å². The number of alkyl halides is 3. The Morgan fingerprint density at radius 1 is 1.36 bits per heavy atom. The van der Waals surface area contributed by atoms with Gasteiger partial charge in [-0.1, -0.05) is 18.2 Å². The lowest BCUT2D eigenvalue weighted by Gasteiger charge is -2.27.